The van der Waals surface area contributed by atoms with Crippen molar-refractivity contribution in [2.45, 2.75) is 36.7 Å². The lowest BCUT2D eigenvalue weighted by molar-refractivity contribution is 0.347. The molecule has 0 spiro atoms. The standard InChI is InChI=1S/C12H15F3N2O2S/c1-7-11(3-2-4-16-7)17-20(18,19)12-9(14)5-8(13)6-10(12)15/h5-7,11,16-17H,2-4H2,1H3/t7-,11+/m1/s1. The molecular formula is C12H15F3N2O2S. The molecule has 0 radical (unpaired) electrons. The molecule has 0 aliphatic carbocycles. The van der Waals surface area contributed by atoms with Crippen molar-refractivity contribution in [3.05, 3.63) is 29.6 Å². The normalized spacial score (nSPS) is 23.8. The molecule has 112 valence electrons. The van der Waals surface area contributed by atoms with Gasteiger partial charge in [-0.1, -0.05) is 0 Å². The molecule has 1 aliphatic heterocycles. The van der Waals surface area contributed by atoms with Crippen molar-refractivity contribution >= 4 is 10.0 Å². The second kappa shape index (κ2) is 5.71. The van der Waals surface area contributed by atoms with Gasteiger partial charge in [-0.25, -0.2) is 26.3 Å². The summed E-state index contributed by atoms with van der Waals surface area (Å²) in [5, 5.41) is 3.07. The maximum absolute atomic E-state index is 13.5. The highest BCUT2D eigenvalue weighted by molar-refractivity contribution is 7.89. The van der Waals surface area contributed by atoms with E-state index in [0.29, 0.717) is 18.6 Å². The van der Waals surface area contributed by atoms with Crippen LogP contribution < -0.4 is 10.0 Å². The van der Waals surface area contributed by atoms with Gasteiger partial charge in [-0.2, -0.15) is 0 Å². The maximum atomic E-state index is 13.5. The van der Waals surface area contributed by atoms with E-state index in [2.05, 4.69) is 10.0 Å². The first-order valence-corrected chi connectivity index (χ1v) is 7.70. The summed E-state index contributed by atoms with van der Waals surface area (Å²) in [7, 11) is -4.38. The molecule has 20 heavy (non-hydrogen) atoms. The van der Waals surface area contributed by atoms with Crippen LogP contribution in [0.4, 0.5) is 13.2 Å². The zero-order chi connectivity index (χ0) is 14.9. The summed E-state index contributed by atoms with van der Waals surface area (Å²) >= 11 is 0. The molecule has 2 rings (SSSR count). The summed E-state index contributed by atoms with van der Waals surface area (Å²) in [5.74, 6) is -4.04. The molecule has 0 bridgehead atoms. The molecule has 0 unspecified atom stereocenters. The molecule has 4 nitrogen and oxygen atoms in total. The van der Waals surface area contributed by atoms with Crippen LogP contribution in [0.1, 0.15) is 19.8 Å². The highest BCUT2D eigenvalue weighted by atomic mass is 32.2. The van der Waals surface area contributed by atoms with E-state index in [1.54, 1.807) is 6.92 Å². The summed E-state index contributed by atoms with van der Waals surface area (Å²) in [5.41, 5.74) is 0. The lowest BCUT2D eigenvalue weighted by atomic mass is 10.0. The molecule has 1 fully saturated rings. The van der Waals surface area contributed by atoms with Gasteiger partial charge in [0.25, 0.3) is 0 Å². The van der Waals surface area contributed by atoms with Crippen molar-refractivity contribution in [2.24, 2.45) is 0 Å². The van der Waals surface area contributed by atoms with Gasteiger partial charge < -0.3 is 5.32 Å². The fourth-order valence-electron chi connectivity index (χ4n) is 2.25. The van der Waals surface area contributed by atoms with Gasteiger partial charge in [0, 0.05) is 24.2 Å². The van der Waals surface area contributed by atoms with E-state index in [9.17, 15) is 21.6 Å². The van der Waals surface area contributed by atoms with Crippen LogP contribution in [0.5, 0.6) is 0 Å². The van der Waals surface area contributed by atoms with Crippen LogP contribution in [-0.2, 0) is 10.0 Å². The minimum Gasteiger partial charge on any atom is -0.313 e. The Kier molecular flexibility index (Phi) is 4.36. The quantitative estimate of drug-likeness (QED) is 0.890. The summed E-state index contributed by atoms with van der Waals surface area (Å²) in [6, 6.07) is 0.0862. The molecule has 1 saturated heterocycles. The third kappa shape index (κ3) is 3.13. The monoisotopic (exact) mass is 308 g/mol. The Hall–Kier alpha value is -1.12. The molecular weight excluding hydrogens is 293 g/mol. The van der Waals surface area contributed by atoms with E-state index in [-0.39, 0.29) is 6.04 Å². The summed E-state index contributed by atoms with van der Waals surface area (Å²) < 4.78 is 66.3. The van der Waals surface area contributed by atoms with Crippen LogP contribution in [0.3, 0.4) is 0 Å². The van der Waals surface area contributed by atoms with E-state index in [1.165, 1.54) is 0 Å². The highest BCUT2D eigenvalue weighted by Gasteiger charge is 2.30. The maximum Gasteiger partial charge on any atom is 0.246 e. The molecule has 0 amide bonds. The predicted molar refractivity (Wildman–Crippen MR) is 67.1 cm³/mol. The van der Waals surface area contributed by atoms with Gasteiger partial charge >= 0.3 is 0 Å². The largest absolute Gasteiger partial charge is 0.313 e. The average molecular weight is 308 g/mol. The van der Waals surface area contributed by atoms with Gasteiger partial charge in [0.15, 0.2) is 4.90 Å². The van der Waals surface area contributed by atoms with Crippen LogP contribution in [0.2, 0.25) is 0 Å². The number of piperidine rings is 1. The minimum absolute atomic E-state index is 0.148. The van der Waals surface area contributed by atoms with Crippen molar-refractivity contribution in [2.75, 3.05) is 6.54 Å². The number of nitrogens with one attached hydrogen (secondary N) is 2. The fraction of sp³-hybridized carbons (Fsp3) is 0.500. The first-order chi connectivity index (χ1) is 9.31. The third-order valence-corrected chi connectivity index (χ3v) is 4.84. The number of halogens is 3. The lowest BCUT2D eigenvalue weighted by Crippen LogP contribution is -2.52. The SMILES string of the molecule is C[C@H]1NCCC[C@@H]1NS(=O)(=O)c1c(F)cc(F)cc1F. The Morgan fingerprint density at radius 1 is 1.25 bits per heavy atom. The Balaban J connectivity index is 2.31. The molecule has 1 aromatic rings. The Bertz CT molecular complexity index is 584. The van der Waals surface area contributed by atoms with Crippen molar-refractivity contribution in [3.8, 4) is 0 Å². The molecule has 1 aromatic carbocycles. The number of rotatable bonds is 3. The minimum atomic E-state index is -4.38. The van der Waals surface area contributed by atoms with Gasteiger partial charge in [0.05, 0.1) is 0 Å². The number of benzene rings is 1. The molecule has 1 heterocycles. The predicted octanol–water partition coefficient (Wildman–Crippen LogP) is 1.52. The first-order valence-electron chi connectivity index (χ1n) is 6.21. The van der Waals surface area contributed by atoms with Crippen LogP contribution >= 0.6 is 0 Å². The highest BCUT2D eigenvalue weighted by Crippen LogP contribution is 2.21. The van der Waals surface area contributed by atoms with Crippen molar-refractivity contribution in [1.29, 1.82) is 0 Å². The topological polar surface area (TPSA) is 58.2 Å². The van der Waals surface area contributed by atoms with E-state index in [4.69, 9.17) is 0 Å². The molecule has 2 N–H and O–H groups in total. The first kappa shape index (κ1) is 15.3. The van der Waals surface area contributed by atoms with Crippen LogP contribution in [0, 0.1) is 17.5 Å². The zero-order valence-electron chi connectivity index (χ0n) is 10.8. The second-order valence-corrected chi connectivity index (χ2v) is 6.46. The van der Waals surface area contributed by atoms with Crippen molar-refractivity contribution < 1.29 is 21.6 Å². The van der Waals surface area contributed by atoms with Crippen LogP contribution in [-0.4, -0.2) is 27.0 Å². The molecule has 8 heteroatoms. The lowest BCUT2D eigenvalue weighted by Gasteiger charge is -2.30. The van der Waals surface area contributed by atoms with E-state index < -0.39 is 38.4 Å². The van der Waals surface area contributed by atoms with Crippen molar-refractivity contribution in [3.63, 3.8) is 0 Å². The Morgan fingerprint density at radius 3 is 2.40 bits per heavy atom. The average Bonchev–Trinajstić information content (AvgIpc) is 2.30. The Morgan fingerprint density at radius 2 is 1.85 bits per heavy atom. The summed E-state index contributed by atoms with van der Waals surface area (Å²) in [6.45, 7) is 2.54. The zero-order valence-corrected chi connectivity index (χ0v) is 11.6. The summed E-state index contributed by atoms with van der Waals surface area (Å²) in [4.78, 5) is -1.14. The second-order valence-electron chi connectivity index (χ2n) is 4.81. The van der Waals surface area contributed by atoms with Crippen LogP contribution in [0.15, 0.2) is 17.0 Å². The number of hydrogen-bond donors (Lipinski definition) is 2. The van der Waals surface area contributed by atoms with E-state index >= 15 is 0 Å². The van der Waals surface area contributed by atoms with Gasteiger partial charge in [-0.3, -0.25) is 0 Å². The van der Waals surface area contributed by atoms with Gasteiger partial charge in [-0.15, -0.1) is 0 Å². The number of sulfonamides is 1. The van der Waals surface area contributed by atoms with Gasteiger partial charge in [0.1, 0.15) is 17.5 Å². The Labute approximate surface area is 115 Å². The number of hydrogen-bond acceptors (Lipinski definition) is 3. The molecule has 0 aromatic heterocycles. The molecule has 1 aliphatic rings. The van der Waals surface area contributed by atoms with Crippen molar-refractivity contribution in [1.82, 2.24) is 10.0 Å². The summed E-state index contributed by atoms with van der Waals surface area (Å²) in [6.07, 6.45) is 1.32. The van der Waals surface area contributed by atoms with E-state index in [0.717, 1.165) is 13.0 Å². The molecule has 0 saturated carbocycles. The van der Waals surface area contributed by atoms with Gasteiger partial charge in [-0.05, 0) is 26.3 Å². The van der Waals surface area contributed by atoms with E-state index in [1.807, 2.05) is 0 Å². The van der Waals surface area contributed by atoms with Crippen LogP contribution in [0.25, 0.3) is 0 Å². The smallest absolute Gasteiger partial charge is 0.246 e. The fourth-order valence-corrected chi connectivity index (χ4v) is 3.72. The third-order valence-electron chi connectivity index (χ3n) is 3.30. The molecule has 2 atom stereocenters. The van der Waals surface area contributed by atoms with Gasteiger partial charge in [0.2, 0.25) is 10.0 Å².